The fraction of sp³-hybridized carbons (Fsp3) is 0.417. The number of hydrogen-bond acceptors (Lipinski definition) is 4. The van der Waals surface area contributed by atoms with Crippen molar-refractivity contribution >= 4 is 29.2 Å². The maximum absolute atomic E-state index is 13.5. The highest BCUT2D eigenvalue weighted by molar-refractivity contribution is 6.36. The zero-order chi connectivity index (χ0) is 22.0. The van der Waals surface area contributed by atoms with Crippen molar-refractivity contribution in [3.63, 3.8) is 0 Å². The van der Waals surface area contributed by atoms with Gasteiger partial charge in [-0.25, -0.2) is 0 Å². The molecule has 1 fully saturated rings. The lowest BCUT2D eigenvalue weighted by atomic mass is 9.99. The van der Waals surface area contributed by atoms with E-state index in [-0.39, 0.29) is 25.0 Å². The molecule has 2 aliphatic heterocycles. The topological polar surface area (TPSA) is 94.7 Å². The molecule has 0 aliphatic carbocycles. The van der Waals surface area contributed by atoms with Gasteiger partial charge < -0.3 is 25.0 Å². The summed E-state index contributed by atoms with van der Waals surface area (Å²) in [7, 11) is 0. The predicted octanol–water partition coefficient (Wildman–Crippen LogP) is 2.67. The van der Waals surface area contributed by atoms with Crippen LogP contribution in [-0.4, -0.2) is 54.8 Å². The van der Waals surface area contributed by atoms with Gasteiger partial charge in [0.05, 0.1) is 17.9 Å². The highest BCUT2D eigenvalue weighted by Gasteiger charge is 2.35. The monoisotopic (exact) mass is 423 g/mol. The van der Waals surface area contributed by atoms with Gasteiger partial charge in [-0.15, -0.1) is 0 Å². The highest BCUT2D eigenvalue weighted by atomic mass is 16.5. The summed E-state index contributed by atoms with van der Waals surface area (Å²) in [6.45, 7) is 6.12. The normalized spacial score (nSPS) is 18.0. The van der Waals surface area contributed by atoms with Crippen molar-refractivity contribution in [1.29, 1.82) is 0 Å². The van der Waals surface area contributed by atoms with E-state index in [1.54, 1.807) is 12.1 Å². The average molecular weight is 424 g/mol. The van der Waals surface area contributed by atoms with Crippen LogP contribution in [0.2, 0.25) is 0 Å². The third-order valence-electron chi connectivity index (χ3n) is 5.97. The maximum Gasteiger partial charge on any atom is 0.259 e. The molecule has 7 heteroatoms. The van der Waals surface area contributed by atoms with Gasteiger partial charge in [0.2, 0.25) is 0 Å². The van der Waals surface area contributed by atoms with Gasteiger partial charge in [-0.3, -0.25) is 9.59 Å². The number of H-pyrrole nitrogens is 1. The number of rotatable bonds is 6. The zero-order valence-electron chi connectivity index (χ0n) is 18.0. The standard InChI is InChI=1S/C24H29N3O4/c1-15-11-16(2)26-21(15)13-20-19-4-3-18(23(29)25-7-8-28)12-22(19)27(24(20)30)14-17-5-9-31-10-6-17/h3-4,11-13,17,26,28H,5-10,14H2,1-2H3,(H,25,29)/b20-13-. The summed E-state index contributed by atoms with van der Waals surface area (Å²) in [5.41, 5.74) is 5.76. The minimum atomic E-state index is -0.261. The van der Waals surface area contributed by atoms with Crippen LogP contribution in [0.5, 0.6) is 0 Å². The largest absolute Gasteiger partial charge is 0.395 e. The Labute approximate surface area is 182 Å². The molecule has 0 saturated carbocycles. The maximum atomic E-state index is 13.5. The van der Waals surface area contributed by atoms with E-state index in [0.29, 0.717) is 36.8 Å². The number of amides is 2. The van der Waals surface area contributed by atoms with Crippen molar-refractivity contribution in [3.05, 3.63) is 52.3 Å². The quantitative estimate of drug-likeness (QED) is 0.623. The number of benzene rings is 1. The molecule has 2 aliphatic rings. The van der Waals surface area contributed by atoms with Crippen molar-refractivity contribution in [2.45, 2.75) is 26.7 Å². The number of nitrogens with one attached hydrogen (secondary N) is 2. The Balaban J connectivity index is 1.72. The summed E-state index contributed by atoms with van der Waals surface area (Å²) in [6, 6.07) is 7.42. The third kappa shape index (κ3) is 4.43. The summed E-state index contributed by atoms with van der Waals surface area (Å²) in [5, 5.41) is 11.7. The van der Waals surface area contributed by atoms with Crippen molar-refractivity contribution in [1.82, 2.24) is 10.3 Å². The Bertz CT molecular complexity index is 1020. The first-order chi connectivity index (χ1) is 15.0. The molecule has 0 atom stereocenters. The lowest BCUT2D eigenvalue weighted by Gasteiger charge is -2.27. The molecule has 0 bridgehead atoms. The lowest BCUT2D eigenvalue weighted by molar-refractivity contribution is -0.113. The molecule has 0 spiro atoms. The SMILES string of the molecule is Cc1cc(C)c(/C=C2\C(=O)N(CC3CCOCC3)c3cc(C(=O)NCCO)ccc32)[nH]1. The number of anilines is 1. The second-order valence-corrected chi connectivity index (χ2v) is 8.29. The molecule has 1 aromatic heterocycles. The summed E-state index contributed by atoms with van der Waals surface area (Å²) in [4.78, 5) is 31.1. The average Bonchev–Trinajstić information content (AvgIpc) is 3.22. The third-order valence-corrected chi connectivity index (χ3v) is 5.97. The first kappa shape index (κ1) is 21.3. The van der Waals surface area contributed by atoms with Gasteiger partial charge >= 0.3 is 0 Å². The highest BCUT2D eigenvalue weighted by Crippen LogP contribution is 2.39. The van der Waals surface area contributed by atoms with E-state index in [1.807, 2.05) is 30.9 Å². The van der Waals surface area contributed by atoms with Crippen LogP contribution in [0.1, 0.15) is 45.7 Å². The summed E-state index contributed by atoms with van der Waals surface area (Å²) < 4.78 is 5.47. The van der Waals surface area contributed by atoms with E-state index in [1.165, 1.54) is 0 Å². The van der Waals surface area contributed by atoms with Crippen LogP contribution in [0.25, 0.3) is 11.6 Å². The van der Waals surface area contributed by atoms with E-state index >= 15 is 0 Å². The van der Waals surface area contributed by atoms with Gasteiger partial charge in [-0.05, 0) is 62.4 Å². The number of ether oxygens (including phenoxy) is 1. The molecule has 3 N–H and O–H groups in total. The number of aliphatic hydroxyl groups is 1. The molecule has 164 valence electrons. The van der Waals surface area contributed by atoms with Gasteiger partial charge in [0.15, 0.2) is 0 Å². The summed E-state index contributed by atoms with van der Waals surface area (Å²) >= 11 is 0. The lowest BCUT2D eigenvalue weighted by Crippen LogP contribution is -2.34. The molecule has 0 radical (unpaired) electrons. The predicted molar refractivity (Wildman–Crippen MR) is 120 cm³/mol. The number of aromatic nitrogens is 1. The van der Waals surface area contributed by atoms with Crippen LogP contribution in [0, 0.1) is 19.8 Å². The van der Waals surface area contributed by atoms with Gasteiger partial charge in [0.25, 0.3) is 11.8 Å². The Hall–Kier alpha value is -2.90. The fourth-order valence-electron chi connectivity index (χ4n) is 4.32. The Morgan fingerprint density at radius 3 is 2.74 bits per heavy atom. The number of fused-ring (bicyclic) bond motifs is 1. The van der Waals surface area contributed by atoms with Crippen molar-refractivity contribution in [2.24, 2.45) is 5.92 Å². The van der Waals surface area contributed by atoms with E-state index in [9.17, 15) is 9.59 Å². The minimum Gasteiger partial charge on any atom is -0.395 e. The van der Waals surface area contributed by atoms with Crippen LogP contribution < -0.4 is 10.2 Å². The van der Waals surface area contributed by atoms with E-state index < -0.39 is 0 Å². The summed E-state index contributed by atoms with van der Waals surface area (Å²) in [5.74, 6) is 0.0656. The van der Waals surface area contributed by atoms with Gasteiger partial charge in [0.1, 0.15) is 0 Å². The number of aryl methyl sites for hydroxylation is 2. The first-order valence-electron chi connectivity index (χ1n) is 10.8. The number of carbonyl (C=O) groups excluding carboxylic acids is 2. The molecule has 4 rings (SSSR count). The second-order valence-electron chi connectivity index (χ2n) is 8.29. The molecule has 1 saturated heterocycles. The fourth-order valence-corrected chi connectivity index (χ4v) is 4.32. The molecule has 0 unspecified atom stereocenters. The smallest absolute Gasteiger partial charge is 0.259 e. The number of aliphatic hydroxyl groups excluding tert-OH is 1. The number of aromatic amines is 1. The molecule has 3 heterocycles. The van der Waals surface area contributed by atoms with Crippen LogP contribution in [0.15, 0.2) is 24.3 Å². The molecular weight excluding hydrogens is 394 g/mol. The number of hydrogen-bond donors (Lipinski definition) is 3. The van der Waals surface area contributed by atoms with Gasteiger partial charge in [-0.1, -0.05) is 6.07 Å². The molecule has 7 nitrogen and oxygen atoms in total. The van der Waals surface area contributed by atoms with Gasteiger partial charge in [0, 0.05) is 48.8 Å². The Morgan fingerprint density at radius 1 is 1.29 bits per heavy atom. The summed E-state index contributed by atoms with van der Waals surface area (Å²) in [6.07, 6.45) is 3.76. The Kier molecular flexibility index (Phi) is 6.25. The van der Waals surface area contributed by atoms with E-state index in [2.05, 4.69) is 16.4 Å². The molecule has 2 aromatic rings. The molecule has 31 heavy (non-hydrogen) atoms. The van der Waals surface area contributed by atoms with Crippen LogP contribution in [0.4, 0.5) is 5.69 Å². The molecule has 1 aromatic carbocycles. The molecule has 2 amide bonds. The van der Waals surface area contributed by atoms with Crippen LogP contribution in [-0.2, 0) is 9.53 Å². The Morgan fingerprint density at radius 2 is 2.06 bits per heavy atom. The minimum absolute atomic E-state index is 0.0407. The van der Waals surface area contributed by atoms with E-state index in [4.69, 9.17) is 9.84 Å². The van der Waals surface area contributed by atoms with Gasteiger partial charge in [-0.2, -0.15) is 0 Å². The van der Waals surface area contributed by atoms with E-state index in [0.717, 1.165) is 41.0 Å². The number of nitrogens with zero attached hydrogens (tertiary/aromatic N) is 1. The van der Waals surface area contributed by atoms with Crippen molar-refractivity contribution in [3.8, 4) is 0 Å². The number of carbonyl (C=O) groups is 2. The zero-order valence-corrected chi connectivity index (χ0v) is 18.0. The first-order valence-corrected chi connectivity index (χ1v) is 10.8. The van der Waals surface area contributed by atoms with Crippen LogP contribution in [0.3, 0.4) is 0 Å². The second kappa shape index (κ2) is 9.08. The van der Waals surface area contributed by atoms with Crippen LogP contribution >= 0.6 is 0 Å². The van der Waals surface area contributed by atoms with Crippen molar-refractivity contribution in [2.75, 3.05) is 37.8 Å². The van der Waals surface area contributed by atoms with Crippen molar-refractivity contribution < 1.29 is 19.4 Å². The molecular formula is C24H29N3O4.